The molecule has 0 aromatic carbocycles. The summed E-state index contributed by atoms with van der Waals surface area (Å²) in [6, 6.07) is -0.741. The van der Waals surface area contributed by atoms with Gasteiger partial charge in [0.25, 0.3) is 0 Å². The van der Waals surface area contributed by atoms with Crippen molar-refractivity contribution < 1.29 is 24.2 Å². The van der Waals surface area contributed by atoms with Gasteiger partial charge in [-0.3, -0.25) is 14.4 Å². The van der Waals surface area contributed by atoms with E-state index >= 15 is 0 Å². The molecule has 3 saturated heterocycles. The Kier molecular flexibility index (Phi) is 11.8. The van der Waals surface area contributed by atoms with Crippen LogP contribution < -0.4 is 0 Å². The highest BCUT2D eigenvalue weighted by Gasteiger charge is 2.78. The van der Waals surface area contributed by atoms with E-state index in [1.54, 1.807) is 17.1 Å². The van der Waals surface area contributed by atoms with Gasteiger partial charge in [0.1, 0.15) is 11.6 Å². The molecule has 5 atom stereocenters. The van der Waals surface area contributed by atoms with Crippen molar-refractivity contribution in [3.05, 3.63) is 25.3 Å². The van der Waals surface area contributed by atoms with E-state index < -0.39 is 29.1 Å². The number of aliphatic hydroxyl groups excluding tert-OH is 1. The van der Waals surface area contributed by atoms with Crippen LogP contribution in [-0.4, -0.2) is 94.1 Å². The standard InChI is InChI=1S/C32H53N3O5/c1-6-11-14-22-34(21-9-4)30(39)27-32-18-17-31(10-5,40-32)25(28(37)33(19-7-2)20-8-3)26(32)29(38)35(27)23-15-12-13-16-24-36/h7,9,25-27,36H,2,4,6,8,10-24H2,1,3,5H3/t25-,26-,27?,31+,32?/m0/s1. The van der Waals surface area contributed by atoms with Crippen LogP contribution in [0.25, 0.3) is 0 Å². The number of hydrogen-bond donors (Lipinski definition) is 1. The molecule has 1 spiro atoms. The highest BCUT2D eigenvalue weighted by molar-refractivity contribution is 5.99. The predicted molar refractivity (Wildman–Crippen MR) is 157 cm³/mol. The lowest BCUT2D eigenvalue weighted by molar-refractivity contribution is -0.155. The van der Waals surface area contributed by atoms with Crippen molar-refractivity contribution in [3.8, 4) is 0 Å². The summed E-state index contributed by atoms with van der Waals surface area (Å²) in [6.45, 7) is 16.6. The van der Waals surface area contributed by atoms with E-state index in [0.717, 1.165) is 51.4 Å². The van der Waals surface area contributed by atoms with Gasteiger partial charge in [0.05, 0.1) is 17.4 Å². The molecule has 0 radical (unpaired) electrons. The summed E-state index contributed by atoms with van der Waals surface area (Å²) >= 11 is 0. The number of aliphatic hydroxyl groups is 1. The molecule has 226 valence electrons. The molecule has 0 saturated carbocycles. The molecule has 3 aliphatic heterocycles. The van der Waals surface area contributed by atoms with Crippen molar-refractivity contribution in [2.45, 2.75) is 109 Å². The molecule has 3 fully saturated rings. The Hall–Kier alpha value is -2.19. The molecule has 3 aliphatic rings. The van der Waals surface area contributed by atoms with Crippen LogP contribution in [0.2, 0.25) is 0 Å². The second kappa shape index (κ2) is 14.6. The van der Waals surface area contributed by atoms with Gasteiger partial charge in [-0.2, -0.15) is 0 Å². The topological polar surface area (TPSA) is 90.4 Å². The smallest absolute Gasteiger partial charge is 0.248 e. The molecule has 8 heteroatoms. The third-order valence-electron chi connectivity index (χ3n) is 9.34. The van der Waals surface area contributed by atoms with Crippen molar-refractivity contribution in [3.63, 3.8) is 0 Å². The monoisotopic (exact) mass is 559 g/mol. The third kappa shape index (κ3) is 6.03. The molecule has 2 bridgehead atoms. The number of carbonyl (C=O) groups is 3. The van der Waals surface area contributed by atoms with E-state index in [1.807, 2.05) is 23.6 Å². The summed E-state index contributed by atoms with van der Waals surface area (Å²) in [4.78, 5) is 48.4. The van der Waals surface area contributed by atoms with Crippen LogP contribution in [0.4, 0.5) is 0 Å². The summed E-state index contributed by atoms with van der Waals surface area (Å²) in [5, 5.41) is 9.18. The normalized spacial score (nSPS) is 28.6. The van der Waals surface area contributed by atoms with Gasteiger partial charge in [0.15, 0.2) is 0 Å². The Bertz CT molecular complexity index is 909. The van der Waals surface area contributed by atoms with Crippen molar-refractivity contribution in [1.82, 2.24) is 14.7 Å². The lowest BCUT2D eigenvalue weighted by atomic mass is 9.64. The fourth-order valence-electron chi connectivity index (χ4n) is 7.45. The first-order chi connectivity index (χ1) is 19.3. The number of unbranched alkanes of at least 4 members (excludes halogenated alkanes) is 5. The van der Waals surface area contributed by atoms with Gasteiger partial charge in [-0.25, -0.2) is 0 Å². The quantitative estimate of drug-likeness (QED) is 0.188. The number of fused-ring (bicyclic) bond motifs is 1. The maximum Gasteiger partial charge on any atom is 0.248 e. The minimum Gasteiger partial charge on any atom is -0.396 e. The summed E-state index contributed by atoms with van der Waals surface area (Å²) in [7, 11) is 0. The number of carbonyl (C=O) groups excluding carboxylic acids is 3. The molecule has 3 amide bonds. The molecule has 40 heavy (non-hydrogen) atoms. The average molecular weight is 560 g/mol. The summed E-state index contributed by atoms with van der Waals surface area (Å²) in [6.07, 6.45) is 12.4. The minimum absolute atomic E-state index is 0.0505. The van der Waals surface area contributed by atoms with Crippen LogP contribution in [0, 0.1) is 11.8 Å². The fraction of sp³-hybridized carbons (Fsp3) is 0.781. The zero-order valence-corrected chi connectivity index (χ0v) is 25.2. The van der Waals surface area contributed by atoms with Gasteiger partial charge in [-0.1, -0.05) is 58.6 Å². The molecule has 0 aromatic heterocycles. The van der Waals surface area contributed by atoms with Crippen molar-refractivity contribution >= 4 is 17.7 Å². The van der Waals surface area contributed by atoms with Crippen LogP contribution in [0.1, 0.15) is 91.4 Å². The fourth-order valence-corrected chi connectivity index (χ4v) is 7.45. The van der Waals surface area contributed by atoms with E-state index in [0.29, 0.717) is 52.0 Å². The summed E-state index contributed by atoms with van der Waals surface area (Å²) < 4.78 is 6.95. The van der Waals surface area contributed by atoms with E-state index in [2.05, 4.69) is 20.1 Å². The highest BCUT2D eigenvalue weighted by Crippen LogP contribution is 2.64. The molecule has 1 N–H and O–H groups in total. The Morgan fingerprint density at radius 2 is 1.62 bits per heavy atom. The molecular formula is C32H53N3O5. The molecule has 0 aliphatic carbocycles. The van der Waals surface area contributed by atoms with Crippen molar-refractivity contribution in [1.29, 1.82) is 0 Å². The highest BCUT2D eigenvalue weighted by atomic mass is 16.5. The first-order valence-electron chi connectivity index (χ1n) is 15.7. The Morgan fingerprint density at radius 3 is 2.23 bits per heavy atom. The maximum absolute atomic E-state index is 14.4. The third-order valence-corrected chi connectivity index (χ3v) is 9.34. The SMILES string of the molecule is C=CCN(CCCCC)C(=O)C1N(CCCCCCO)C(=O)[C@@H]2[C@@H](C(=O)N(CC=C)CCC)[C@@]3(CC)CCC12O3. The average Bonchev–Trinajstić information content (AvgIpc) is 3.55. The van der Waals surface area contributed by atoms with Gasteiger partial charge < -0.3 is 24.5 Å². The first kappa shape index (κ1) is 32.3. The van der Waals surface area contributed by atoms with Crippen LogP contribution >= 0.6 is 0 Å². The second-order valence-electron chi connectivity index (χ2n) is 11.9. The predicted octanol–water partition coefficient (Wildman–Crippen LogP) is 4.32. The van der Waals surface area contributed by atoms with Crippen LogP contribution in [-0.2, 0) is 19.1 Å². The number of nitrogens with zero attached hydrogens (tertiary/aromatic N) is 3. The second-order valence-corrected chi connectivity index (χ2v) is 11.9. The van der Waals surface area contributed by atoms with E-state index in [4.69, 9.17) is 4.74 Å². The Labute approximate surface area is 241 Å². The van der Waals surface area contributed by atoms with E-state index in [1.165, 1.54) is 0 Å². The summed E-state index contributed by atoms with van der Waals surface area (Å²) in [5.74, 6) is -1.52. The molecule has 3 rings (SSSR count). The van der Waals surface area contributed by atoms with E-state index in [-0.39, 0.29) is 24.3 Å². The first-order valence-corrected chi connectivity index (χ1v) is 15.7. The van der Waals surface area contributed by atoms with Gasteiger partial charge in [-0.05, 0) is 44.9 Å². The molecule has 2 unspecified atom stereocenters. The molecule has 3 heterocycles. The van der Waals surface area contributed by atoms with Gasteiger partial charge in [0.2, 0.25) is 17.7 Å². The number of rotatable bonds is 19. The zero-order valence-electron chi connectivity index (χ0n) is 25.2. The largest absolute Gasteiger partial charge is 0.396 e. The number of amides is 3. The minimum atomic E-state index is -0.994. The number of likely N-dealkylation sites (tertiary alicyclic amines) is 1. The van der Waals surface area contributed by atoms with Gasteiger partial charge in [0, 0.05) is 39.3 Å². The lowest BCUT2D eigenvalue weighted by Gasteiger charge is -2.37. The molecule has 8 nitrogen and oxygen atoms in total. The maximum atomic E-state index is 14.4. The van der Waals surface area contributed by atoms with E-state index in [9.17, 15) is 19.5 Å². The molecule has 0 aromatic rings. The van der Waals surface area contributed by atoms with Crippen molar-refractivity contribution in [2.75, 3.05) is 39.3 Å². The number of ether oxygens (including phenoxy) is 1. The van der Waals surface area contributed by atoms with Crippen molar-refractivity contribution in [2.24, 2.45) is 11.8 Å². The van der Waals surface area contributed by atoms with Gasteiger partial charge >= 0.3 is 0 Å². The number of hydrogen-bond acceptors (Lipinski definition) is 5. The Morgan fingerprint density at radius 1 is 0.950 bits per heavy atom. The zero-order chi connectivity index (χ0) is 29.3. The lowest BCUT2D eigenvalue weighted by Crippen LogP contribution is -2.56. The van der Waals surface area contributed by atoms with Crippen LogP contribution in [0.15, 0.2) is 25.3 Å². The van der Waals surface area contributed by atoms with Crippen LogP contribution in [0.5, 0.6) is 0 Å². The molecular weight excluding hydrogens is 506 g/mol. The summed E-state index contributed by atoms with van der Waals surface area (Å²) in [5.41, 5.74) is -1.73. The Balaban J connectivity index is 2.02. The van der Waals surface area contributed by atoms with Gasteiger partial charge in [-0.15, -0.1) is 13.2 Å². The van der Waals surface area contributed by atoms with Crippen LogP contribution in [0.3, 0.4) is 0 Å².